The number of carbonyl (C=O) groups is 1. The monoisotopic (exact) mass is 446 g/mol. The first-order valence-corrected chi connectivity index (χ1v) is 11.4. The third-order valence-corrected chi connectivity index (χ3v) is 6.76. The van der Waals surface area contributed by atoms with Crippen LogP contribution in [0.1, 0.15) is 36.0 Å². The van der Waals surface area contributed by atoms with E-state index in [4.69, 9.17) is 4.98 Å². The van der Waals surface area contributed by atoms with Crippen molar-refractivity contribution in [2.75, 3.05) is 30.4 Å². The van der Waals surface area contributed by atoms with Crippen LogP contribution in [0.2, 0.25) is 0 Å². The summed E-state index contributed by atoms with van der Waals surface area (Å²) in [5.74, 6) is 0.437. The van der Waals surface area contributed by atoms with Crippen molar-refractivity contribution in [2.45, 2.75) is 37.8 Å². The van der Waals surface area contributed by atoms with Crippen molar-refractivity contribution in [3.8, 4) is 11.4 Å². The summed E-state index contributed by atoms with van der Waals surface area (Å²) in [6, 6.07) is 5.86. The van der Waals surface area contributed by atoms with E-state index in [1.54, 1.807) is 10.7 Å². The normalized spacial score (nSPS) is 20.4. The quantitative estimate of drug-likeness (QED) is 0.429. The van der Waals surface area contributed by atoms with Crippen LogP contribution in [-0.4, -0.2) is 67.3 Å². The van der Waals surface area contributed by atoms with E-state index >= 15 is 0 Å². The van der Waals surface area contributed by atoms with Gasteiger partial charge in [-0.1, -0.05) is 0 Å². The van der Waals surface area contributed by atoms with Crippen LogP contribution in [0.5, 0.6) is 0 Å². The number of aliphatic hydroxyl groups excluding tert-OH is 1. The summed E-state index contributed by atoms with van der Waals surface area (Å²) in [5, 5.41) is 20.3. The first-order valence-electron chi connectivity index (χ1n) is 11.4. The first kappa shape index (κ1) is 20.0. The van der Waals surface area contributed by atoms with Gasteiger partial charge < -0.3 is 20.6 Å². The first-order chi connectivity index (χ1) is 16.1. The zero-order chi connectivity index (χ0) is 22.5. The lowest BCUT2D eigenvalue weighted by atomic mass is 9.89. The molecule has 4 aromatic rings. The van der Waals surface area contributed by atoms with Gasteiger partial charge in [0.05, 0.1) is 35.4 Å². The van der Waals surface area contributed by atoms with Gasteiger partial charge in [-0.3, -0.25) is 9.20 Å². The number of amides is 1. The Kier molecular flexibility index (Phi) is 4.68. The van der Waals surface area contributed by atoms with E-state index in [0.29, 0.717) is 23.3 Å². The molecule has 33 heavy (non-hydrogen) atoms. The van der Waals surface area contributed by atoms with Gasteiger partial charge in [0.1, 0.15) is 11.4 Å². The second kappa shape index (κ2) is 7.73. The molecule has 0 spiro atoms. The zero-order valence-electron chi connectivity index (χ0n) is 18.4. The largest absolute Gasteiger partial charge is 0.391 e. The van der Waals surface area contributed by atoms with Crippen LogP contribution in [0.3, 0.4) is 0 Å². The van der Waals surface area contributed by atoms with Gasteiger partial charge in [0, 0.05) is 38.6 Å². The van der Waals surface area contributed by atoms with E-state index in [9.17, 15) is 9.90 Å². The fourth-order valence-electron chi connectivity index (χ4n) is 4.74. The van der Waals surface area contributed by atoms with Crippen molar-refractivity contribution < 1.29 is 9.90 Å². The smallest absolute Gasteiger partial charge is 0.257 e. The maximum absolute atomic E-state index is 12.9. The molecule has 1 aliphatic carbocycles. The molecule has 10 nitrogen and oxygen atoms in total. The van der Waals surface area contributed by atoms with E-state index < -0.39 is 6.10 Å². The summed E-state index contributed by atoms with van der Waals surface area (Å²) in [4.78, 5) is 24.7. The Labute approximate surface area is 190 Å². The number of nitrogens with one attached hydrogen (secondary N) is 2. The van der Waals surface area contributed by atoms with Gasteiger partial charge in [0.15, 0.2) is 11.3 Å². The van der Waals surface area contributed by atoms with Crippen LogP contribution in [-0.2, 0) is 0 Å². The Hall–Kier alpha value is -3.66. The van der Waals surface area contributed by atoms with Crippen molar-refractivity contribution >= 4 is 28.7 Å². The number of pyridine rings is 1. The molecule has 1 amide bonds. The molecule has 1 aliphatic heterocycles. The minimum absolute atomic E-state index is 0.219. The Morgan fingerprint density at radius 2 is 2.03 bits per heavy atom. The van der Waals surface area contributed by atoms with E-state index in [1.165, 1.54) is 19.0 Å². The number of rotatable bonds is 5. The van der Waals surface area contributed by atoms with Crippen molar-refractivity contribution in [2.24, 2.45) is 0 Å². The lowest BCUT2D eigenvalue weighted by Crippen LogP contribution is -2.50. The van der Waals surface area contributed by atoms with Crippen molar-refractivity contribution in [1.29, 1.82) is 0 Å². The molecule has 0 radical (unpaired) electrons. The molecule has 170 valence electrons. The van der Waals surface area contributed by atoms with Crippen molar-refractivity contribution in [3.05, 3.63) is 42.4 Å². The molecular formula is C23H26N8O2. The third-order valence-electron chi connectivity index (χ3n) is 6.76. The topological polar surface area (TPSA) is 112 Å². The highest BCUT2D eigenvalue weighted by atomic mass is 16.3. The third kappa shape index (κ3) is 3.20. The zero-order valence-corrected chi connectivity index (χ0v) is 18.4. The van der Waals surface area contributed by atoms with Crippen LogP contribution in [0.15, 0.2) is 36.8 Å². The molecule has 6 rings (SSSR count). The van der Waals surface area contributed by atoms with Gasteiger partial charge in [0.25, 0.3) is 5.91 Å². The molecule has 4 aromatic heterocycles. The minimum Gasteiger partial charge on any atom is -0.391 e. The van der Waals surface area contributed by atoms with Crippen molar-refractivity contribution in [3.63, 3.8) is 0 Å². The molecular weight excluding hydrogens is 420 g/mol. The Bertz CT molecular complexity index is 1350. The van der Waals surface area contributed by atoms with Gasteiger partial charge in [-0.15, -0.1) is 0 Å². The van der Waals surface area contributed by atoms with E-state index in [1.807, 2.05) is 23.7 Å². The molecule has 3 N–H and O–H groups in total. The van der Waals surface area contributed by atoms with E-state index in [-0.39, 0.29) is 11.9 Å². The molecule has 2 fully saturated rings. The number of fused-ring (bicyclic) bond motifs is 2. The Balaban J connectivity index is 1.45. The lowest BCUT2D eigenvalue weighted by molar-refractivity contribution is 0.0448. The Morgan fingerprint density at radius 1 is 1.18 bits per heavy atom. The number of nitrogens with zero attached hydrogens (tertiary/aromatic N) is 6. The predicted molar refractivity (Wildman–Crippen MR) is 125 cm³/mol. The number of anilines is 2. The standard InChI is InChI=1S/C23H26N8O2/c1-24-20-12-16(17-5-6-18(29-9-2-3-10-29)22-25-8-11-30(17)22)27-21-14(13-26-31(20)21)23(33)28-15-4-7-19(15)32/h5-6,8,11-13,15,19,24,32H,2-4,7,9-10H2,1H3,(H,28,33)/t15-,19+/m0/s1. The molecule has 1 saturated heterocycles. The summed E-state index contributed by atoms with van der Waals surface area (Å²) in [6.45, 7) is 2.08. The fraction of sp³-hybridized carbons (Fsp3) is 0.391. The maximum Gasteiger partial charge on any atom is 0.257 e. The molecule has 0 unspecified atom stereocenters. The summed E-state index contributed by atoms with van der Waals surface area (Å²) >= 11 is 0. The van der Waals surface area contributed by atoms with Crippen LogP contribution in [0, 0.1) is 0 Å². The number of imidazole rings is 1. The summed E-state index contributed by atoms with van der Waals surface area (Å²) in [6.07, 6.45) is 8.65. The lowest BCUT2D eigenvalue weighted by Gasteiger charge is -2.32. The SMILES string of the molecule is CNc1cc(-c2ccc(N3CCCC3)c3nccn23)nc2c(C(=O)N[C@H]3CC[C@H]3O)cnn12. The van der Waals surface area contributed by atoms with Gasteiger partial charge >= 0.3 is 0 Å². The highest BCUT2D eigenvalue weighted by Crippen LogP contribution is 2.30. The second-order valence-electron chi connectivity index (χ2n) is 8.71. The van der Waals surface area contributed by atoms with Gasteiger partial charge in [-0.25, -0.2) is 9.97 Å². The summed E-state index contributed by atoms with van der Waals surface area (Å²) in [7, 11) is 1.81. The average molecular weight is 447 g/mol. The highest BCUT2D eigenvalue weighted by molar-refractivity contribution is 6.00. The highest BCUT2D eigenvalue weighted by Gasteiger charge is 2.31. The number of carbonyl (C=O) groups excluding carboxylic acids is 1. The van der Waals surface area contributed by atoms with Gasteiger partial charge in [-0.2, -0.15) is 9.61 Å². The van der Waals surface area contributed by atoms with Crippen LogP contribution in [0.25, 0.3) is 22.7 Å². The predicted octanol–water partition coefficient (Wildman–Crippen LogP) is 1.94. The molecule has 10 heteroatoms. The molecule has 5 heterocycles. The molecule has 0 aromatic carbocycles. The van der Waals surface area contributed by atoms with E-state index in [2.05, 4.69) is 37.7 Å². The number of aliphatic hydroxyl groups is 1. The number of hydrogen-bond donors (Lipinski definition) is 3. The molecule has 2 atom stereocenters. The fourth-order valence-corrected chi connectivity index (χ4v) is 4.74. The minimum atomic E-state index is -0.490. The number of hydrogen-bond acceptors (Lipinski definition) is 7. The van der Waals surface area contributed by atoms with Crippen LogP contribution < -0.4 is 15.5 Å². The van der Waals surface area contributed by atoms with Crippen LogP contribution >= 0.6 is 0 Å². The van der Waals surface area contributed by atoms with Gasteiger partial charge in [0.2, 0.25) is 0 Å². The molecule has 0 bridgehead atoms. The Morgan fingerprint density at radius 3 is 2.76 bits per heavy atom. The van der Waals surface area contributed by atoms with E-state index in [0.717, 1.165) is 42.4 Å². The molecule has 2 aliphatic rings. The average Bonchev–Trinajstić information content (AvgIpc) is 3.60. The summed E-state index contributed by atoms with van der Waals surface area (Å²) in [5.41, 5.74) is 4.45. The number of aromatic nitrogens is 5. The van der Waals surface area contributed by atoms with Crippen molar-refractivity contribution in [1.82, 2.24) is 29.3 Å². The van der Waals surface area contributed by atoms with Crippen LogP contribution in [0.4, 0.5) is 11.5 Å². The molecule has 1 saturated carbocycles. The second-order valence-corrected chi connectivity index (χ2v) is 8.71. The van der Waals surface area contributed by atoms with Gasteiger partial charge in [-0.05, 0) is 37.8 Å². The summed E-state index contributed by atoms with van der Waals surface area (Å²) < 4.78 is 3.67. The maximum atomic E-state index is 12.9.